The maximum Gasteiger partial charge on any atom is 0.225 e. The van der Waals surface area contributed by atoms with E-state index in [2.05, 4.69) is 24.3 Å². The number of nitrogens with one attached hydrogen (secondary N) is 1. The van der Waals surface area contributed by atoms with Crippen molar-refractivity contribution in [2.24, 2.45) is 18.9 Å². The second-order valence-corrected chi connectivity index (χ2v) is 7.79. The monoisotopic (exact) mass is 349 g/mol. The molecule has 0 aliphatic carbocycles. The molecule has 1 aromatic rings. The van der Waals surface area contributed by atoms with E-state index in [0.717, 1.165) is 57.0 Å². The summed E-state index contributed by atoms with van der Waals surface area (Å²) in [6.45, 7) is 6.69. The maximum absolute atomic E-state index is 12.5. The van der Waals surface area contributed by atoms with Crippen molar-refractivity contribution in [1.29, 1.82) is 0 Å². The first-order valence-corrected chi connectivity index (χ1v) is 9.56. The van der Waals surface area contributed by atoms with Crippen molar-refractivity contribution in [2.45, 2.75) is 58.0 Å². The molecule has 3 rings (SSSR count). The molecule has 1 amide bonds. The minimum absolute atomic E-state index is 0.0730. The molecule has 0 aromatic carbocycles. The third kappa shape index (κ3) is 4.82. The van der Waals surface area contributed by atoms with Crippen molar-refractivity contribution in [3.63, 3.8) is 0 Å². The molecule has 0 saturated carbocycles. The molecular weight excluding hydrogens is 318 g/mol. The summed E-state index contributed by atoms with van der Waals surface area (Å²) in [5.74, 6) is 2.10. The lowest BCUT2D eigenvalue weighted by molar-refractivity contribution is -0.118. The molecule has 3 heterocycles. The highest BCUT2D eigenvalue weighted by atomic mass is 16.5. The average molecular weight is 349 g/mol. The molecule has 2 fully saturated rings. The van der Waals surface area contributed by atoms with Crippen molar-refractivity contribution in [3.05, 3.63) is 11.8 Å². The summed E-state index contributed by atoms with van der Waals surface area (Å²) in [6.07, 6.45) is 4.95. The number of aromatic nitrogens is 2. The molecule has 25 heavy (non-hydrogen) atoms. The third-order valence-corrected chi connectivity index (χ3v) is 5.39. The Morgan fingerprint density at radius 3 is 2.96 bits per heavy atom. The Morgan fingerprint density at radius 2 is 2.24 bits per heavy atom. The molecule has 3 unspecified atom stereocenters. The van der Waals surface area contributed by atoms with Crippen molar-refractivity contribution in [2.75, 3.05) is 25.1 Å². The summed E-state index contributed by atoms with van der Waals surface area (Å²) in [7, 11) is 1.88. The molecule has 2 saturated heterocycles. The fourth-order valence-electron chi connectivity index (χ4n) is 3.79. The van der Waals surface area contributed by atoms with Crippen LogP contribution < -0.4 is 5.32 Å². The second kappa shape index (κ2) is 8.32. The second-order valence-electron chi connectivity index (χ2n) is 7.79. The third-order valence-electron chi connectivity index (χ3n) is 5.39. The van der Waals surface area contributed by atoms with Crippen LogP contribution in [0, 0.1) is 11.8 Å². The first kappa shape index (κ1) is 18.4. The van der Waals surface area contributed by atoms with Crippen LogP contribution in [0.2, 0.25) is 0 Å². The molecule has 140 valence electrons. The van der Waals surface area contributed by atoms with Gasteiger partial charge in [0.05, 0.1) is 18.4 Å². The SMILES string of the molecule is CC(C)C1CC(CC(=O)Nc2cc(C3CCCOC3)nn2C)CCO1. The van der Waals surface area contributed by atoms with E-state index in [0.29, 0.717) is 24.2 Å². The van der Waals surface area contributed by atoms with Gasteiger partial charge in [-0.3, -0.25) is 9.48 Å². The van der Waals surface area contributed by atoms with Gasteiger partial charge in [0.25, 0.3) is 0 Å². The smallest absolute Gasteiger partial charge is 0.225 e. The standard InChI is InChI=1S/C19H31N3O3/c1-13(2)17-9-14(6-8-25-17)10-19(23)20-18-11-16(21-22(18)3)15-5-4-7-24-12-15/h11,13-15,17H,4-10,12H2,1-3H3,(H,20,23). The summed E-state index contributed by atoms with van der Waals surface area (Å²) in [6, 6.07) is 2.00. The first-order valence-electron chi connectivity index (χ1n) is 9.56. The minimum Gasteiger partial charge on any atom is -0.381 e. The van der Waals surface area contributed by atoms with Gasteiger partial charge in [-0.05, 0) is 37.5 Å². The van der Waals surface area contributed by atoms with Gasteiger partial charge in [0.15, 0.2) is 0 Å². The molecule has 0 bridgehead atoms. The number of carbonyl (C=O) groups excluding carboxylic acids is 1. The van der Waals surface area contributed by atoms with Crippen LogP contribution >= 0.6 is 0 Å². The summed E-state index contributed by atoms with van der Waals surface area (Å²) < 4.78 is 13.1. The predicted octanol–water partition coefficient (Wildman–Crippen LogP) is 3.09. The van der Waals surface area contributed by atoms with E-state index in [1.165, 1.54) is 0 Å². The van der Waals surface area contributed by atoms with Gasteiger partial charge in [0.2, 0.25) is 5.91 Å². The van der Waals surface area contributed by atoms with Crippen molar-refractivity contribution in [3.8, 4) is 0 Å². The van der Waals surface area contributed by atoms with E-state index in [1.807, 2.05) is 13.1 Å². The zero-order valence-electron chi connectivity index (χ0n) is 15.7. The number of nitrogens with zero attached hydrogens (tertiary/aromatic N) is 2. The van der Waals surface area contributed by atoms with Gasteiger partial charge >= 0.3 is 0 Å². The Labute approximate surface area is 150 Å². The fourth-order valence-corrected chi connectivity index (χ4v) is 3.79. The number of anilines is 1. The number of hydrogen-bond acceptors (Lipinski definition) is 4. The minimum atomic E-state index is 0.0730. The van der Waals surface area contributed by atoms with Gasteiger partial charge in [0.1, 0.15) is 5.82 Å². The Bertz CT molecular complexity index is 578. The molecule has 0 spiro atoms. The summed E-state index contributed by atoms with van der Waals surface area (Å²) in [4.78, 5) is 12.5. The lowest BCUT2D eigenvalue weighted by Crippen LogP contribution is -2.31. The molecule has 2 aliphatic rings. The van der Waals surface area contributed by atoms with Gasteiger partial charge in [0, 0.05) is 38.7 Å². The van der Waals surface area contributed by atoms with Crippen LogP contribution in [0.1, 0.15) is 57.6 Å². The van der Waals surface area contributed by atoms with Gasteiger partial charge in [-0.1, -0.05) is 13.8 Å². The van der Waals surface area contributed by atoms with E-state index in [9.17, 15) is 4.79 Å². The summed E-state index contributed by atoms with van der Waals surface area (Å²) >= 11 is 0. The van der Waals surface area contributed by atoms with Gasteiger partial charge in [-0.2, -0.15) is 5.10 Å². The number of rotatable bonds is 5. The molecule has 3 atom stereocenters. The zero-order chi connectivity index (χ0) is 17.8. The van der Waals surface area contributed by atoms with Crippen molar-refractivity contribution in [1.82, 2.24) is 9.78 Å². The molecule has 1 N–H and O–H groups in total. The highest BCUT2D eigenvalue weighted by Gasteiger charge is 2.27. The fraction of sp³-hybridized carbons (Fsp3) is 0.789. The highest BCUT2D eigenvalue weighted by molar-refractivity contribution is 5.90. The van der Waals surface area contributed by atoms with Crippen LogP contribution in [-0.2, 0) is 21.3 Å². The van der Waals surface area contributed by atoms with Crippen LogP contribution in [0.25, 0.3) is 0 Å². The summed E-state index contributed by atoms with van der Waals surface area (Å²) in [5.41, 5.74) is 1.02. The quantitative estimate of drug-likeness (QED) is 0.887. The predicted molar refractivity (Wildman–Crippen MR) is 96.6 cm³/mol. The molecule has 6 heteroatoms. The van der Waals surface area contributed by atoms with Gasteiger partial charge in [-0.15, -0.1) is 0 Å². The Morgan fingerprint density at radius 1 is 1.40 bits per heavy atom. The topological polar surface area (TPSA) is 65.4 Å². The highest BCUT2D eigenvalue weighted by Crippen LogP contribution is 2.29. The Kier molecular flexibility index (Phi) is 6.12. The van der Waals surface area contributed by atoms with Gasteiger partial charge in [-0.25, -0.2) is 0 Å². The lowest BCUT2D eigenvalue weighted by atomic mass is 9.88. The number of amides is 1. The zero-order valence-corrected chi connectivity index (χ0v) is 15.7. The van der Waals surface area contributed by atoms with Crippen molar-refractivity contribution >= 4 is 11.7 Å². The van der Waals surface area contributed by atoms with Crippen LogP contribution in [0.3, 0.4) is 0 Å². The maximum atomic E-state index is 12.5. The number of aryl methyl sites for hydroxylation is 1. The van der Waals surface area contributed by atoms with Gasteiger partial charge < -0.3 is 14.8 Å². The Balaban J connectivity index is 1.55. The average Bonchev–Trinajstić information content (AvgIpc) is 2.96. The van der Waals surface area contributed by atoms with Crippen LogP contribution in [-0.4, -0.2) is 41.6 Å². The first-order chi connectivity index (χ1) is 12.0. The lowest BCUT2D eigenvalue weighted by Gasteiger charge is -2.31. The molecular formula is C19H31N3O3. The molecule has 1 aromatic heterocycles. The number of carbonyl (C=O) groups is 1. The number of hydrogen-bond donors (Lipinski definition) is 1. The molecule has 2 aliphatic heterocycles. The van der Waals surface area contributed by atoms with E-state index >= 15 is 0 Å². The van der Waals surface area contributed by atoms with Crippen molar-refractivity contribution < 1.29 is 14.3 Å². The Hall–Kier alpha value is -1.40. The largest absolute Gasteiger partial charge is 0.381 e. The number of ether oxygens (including phenoxy) is 2. The molecule has 6 nitrogen and oxygen atoms in total. The van der Waals surface area contributed by atoms with E-state index in [1.54, 1.807) is 4.68 Å². The van der Waals surface area contributed by atoms with Crippen LogP contribution in [0.5, 0.6) is 0 Å². The van der Waals surface area contributed by atoms with E-state index < -0.39 is 0 Å². The van der Waals surface area contributed by atoms with Crippen LogP contribution in [0.4, 0.5) is 5.82 Å². The van der Waals surface area contributed by atoms with E-state index in [4.69, 9.17) is 9.47 Å². The van der Waals surface area contributed by atoms with Crippen LogP contribution in [0.15, 0.2) is 6.07 Å². The summed E-state index contributed by atoms with van der Waals surface area (Å²) in [5, 5.41) is 7.61. The van der Waals surface area contributed by atoms with E-state index in [-0.39, 0.29) is 12.0 Å². The molecule has 0 radical (unpaired) electrons. The normalized spacial score (nSPS) is 27.4.